The molecule has 1 N–H and O–H groups in total. The highest BCUT2D eigenvalue weighted by Crippen LogP contribution is 2.19. The summed E-state index contributed by atoms with van der Waals surface area (Å²) >= 11 is 0. The molecule has 5 nitrogen and oxygen atoms in total. The lowest BCUT2D eigenvalue weighted by Crippen LogP contribution is -2.51. The maximum atomic E-state index is 12.6. The van der Waals surface area contributed by atoms with Crippen LogP contribution in [0.4, 0.5) is 0 Å². The first kappa shape index (κ1) is 15.9. The number of nitrogens with zero attached hydrogens (tertiary/aromatic N) is 2. The minimum absolute atomic E-state index is 0.164. The van der Waals surface area contributed by atoms with E-state index in [9.17, 15) is 8.42 Å². The third kappa shape index (κ3) is 3.66. The van der Waals surface area contributed by atoms with Crippen LogP contribution in [0.25, 0.3) is 0 Å². The maximum absolute atomic E-state index is 12.6. The molecule has 0 aromatic rings. The largest absolute Gasteiger partial charge is 0.317 e. The summed E-state index contributed by atoms with van der Waals surface area (Å²) in [6.45, 7) is 9.38. The van der Waals surface area contributed by atoms with Crippen molar-refractivity contribution in [1.82, 2.24) is 13.9 Å². The Morgan fingerprint density at radius 2 is 1.67 bits per heavy atom. The Bertz CT molecular complexity index is 322. The average Bonchev–Trinajstić information content (AvgIpc) is 2.38. The van der Waals surface area contributed by atoms with E-state index in [0.29, 0.717) is 19.6 Å². The van der Waals surface area contributed by atoms with Crippen molar-refractivity contribution in [2.75, 3.05) is 32.7 Å². The van der Waals surface area contributed by atoms with Gasteiger partial charge in [0.05, 0.1) is 0 Å². The molecule has 0 aliphatic carbocycles. The lowest BCUT2D eigenvalue weighted by molar-refractivity contribution is 0.243. The maximum Gasteiger partial charge on any atom is 0.282 e. The van der Waals surface area contributed by atoms with Crippen LogP contribution >= 0.6 is 0 Å². The van der Waals surface area contributed by atoms with Gasteiger partial charge in [-0.2, -0.15) is 17.0 Å². The molecule has 0 unspecified atom stereocenters. The quantitative estimate of drug-likeness (QED) is 0.756. The molecule has 1 saturated heterocycles. The first-order chi connectivity index (χ1) is 8.57. The number of hydrogen-bond acceptors (Lipinski definition) is 3. The Morgan fingerprint density at radius 1 is 1.11 bits per heavy atom. The molecule has 6 heteroatoms. The van der Waals surface area contributed by atoms with Gasteiger partial charge in [0.15, 0.2) is 0 Å². The van der Waals surface area contributed by atoms with Crippen molar-refractivity contribution in [1.29, 1.82) is 0 Å². The summed E-state index contributed by atoms with van der Waals surface area (Å²) in [4.78, 5) is 0. The number of hydrogen-bond donors (Lipinski definition) is 1. The summed E-state index contributed by atoms with van der Waals surface area (Å²) in [5.74, 6) is 0. The van der Waals surface area contributed by atoms with Crippen LogP contribution < -0.4 is 5.32 Å². The van der Waals surface area contributed by atoms with Crippen molar-refractivity contribution in [2.45, 2.75) is 46.1 Å². The van der Waals surface area contributed by atoms with Crippen molar-refractivity contribution in [3.05, 3.63) is 0 Å². The smallest absolute Gasteiger partial charge is 0.282 e. The zero-order chi connectivity index (χ0) is 13.6. The molecule has 1 heterocycles. The third-order valence-electron chi connectivity index (χ3n) is 3.49. The second-order valence-corrected chi connectivity index (χ2v) is 6.57. The Balaban J connectivity index is 2.88. The highest BCUT2D eigenvalue weighted by Gasteiger charge is 2.33. The standard InChI is InChI=1S/C12H27N3O2S/c1-4-11-15(12-7-9-13-10-8-12)18(16,17)14(5-2)6-3/h12-13H,4-11H2,1-3H3. The summed E-state index contributed by atoms with van der Waals surface area (Å²) in [7, 11) is -3.29. The van der Waals surface area contributed by atoms with E-state index in [1.165, 1.54) is 0 Å². The summed E-state index contributed by atoms with van der Waals surface area (Å²) in [5, 5.41) is 3.29. The fraction of sp³-hybridized carbons (Fsp3) is 1.00. The van der Waals surface area contributed by atoms with E-state index >= 15 is 0 Å². The van der Waals surface area contributed by atoms with E-state index in [1.54, 1.807) is 8.61 Å². The Hall–Kier alpha value is -0.170. The van der Waals surface area contributed by atoms with Gasteiger partial charge in [-0.15, -0.1) is 0 Å². The monoisotopic (exact) mass is 277 g/mol. The summed E-state index contributed by atoms with van der Waals surface area (Å²) in [6, 6.07) is 0.164. The van der Waals surface area contributed by atoms with Gasteiger partial charge in [-0.25, -0.2) is 0 Å². The summed E-state index contributed by atoms with van der Waals surface area (Å²) in [5.41, 5.74) is 0. The first-order valence-corrected chi connectivity index (χ1v) is 8.45. The minimum Gasteiger partial charge on any atom is -0.317 e. The van der Waals surface area contributed by atoms with Crippen LogP contribution in [0.2, 0.25) is 0 Å². The number of piperidine rings is 1. The molecule has 1 rings (SSSR count). The van der Waals surface area contributed by atoms with Crippen LogP contribution in [0.15, 0.2) is 0 Å². The molecule has 0 amide bonds. The lowest BCUT2D eigenvalue weighted by Gasteiger charge is -2.36. The Morgan fingerprint density at radius 3 is 2.11 bits per heavy atom. The van der Waals surface area contributed by atoms with Gasteiger partial charge in [0.1, 0.15) is 0 Å². The Labute approximate surface area is 112 Å². The van der Waals surface area contributed by atoms with Gasteiger partial charge in [0.25, 0.3) is 10.2 Å². The second kappa shape index (κ2) is 7.43. The lowest BCUT2D eigenvalue weighted by atomic mass is 10.1. The predicted octanol–water partition coefficient (Wildman–Crippen LogP) is 1.04. The van der Waals surface area contributed by atoms with Crippen LogP contribution in [-0.4, -0.2) is 55.8 Å². The molecule has 18 heavy (non-hydrogen) atoms. The molecule has 1 fully saturated rings. The van der Waals surface area contributed by atoms with Gasteiger partial charge in [-0.1, -0.05) is 20.8 Å². The molecule has 1 aliphatic heterocycles. The summed E-state index contributed by atoms with van der Waals surface area (Å²) < 4.78 is 28.5. The SMILES string of the molecule is CCCN(C1CCNCC1)S(=O)(=O)N(CC)CC. The van der Waals surface area contributed by atoms with Crippen LogP contribution in [0.3, 0.4) is 0 Å². The molecule has 0 atom stereocenters. The van der Waals surface area contributed by atoms with Crippen molar-refractivity contribution in [2.24, 2.45) is 0 Å². The zero-order valence-electron chi connectivity index (χ0n) is 11.9. The second-order valence-electron chi connectivity index (χ2n) is 4.68. The van der Waals surface area contributed by atoms with E-state index in [4.69, 9.17) is 0 Å². The van der Waals surface area contributed by atoms with Gasteiger partial charge >= 0.3 is 0 Å². The van der Waals surface area contributed by atoms with Gasteiger partial charge in [0.2, 0.25) is 0 Å². The molecule has 108 valence electrons. The van der Waals surface area contributed by atoms with Crippen molar-refractivity contribution >= 4 is 10.2 Å². The van der Waals surface area contributed by atoms with Crippen molar-refractivity contribution in [3.8, 4) is 0 Å². The van der Waals surface area contributed by atoms with E-state index in [0.717, 1.165) is 32.4 Å². The topological polar surface area (TPSA) is 52.7 Å². The highest BCUT2D eigenvalue weighted by molar-refractivity contribution is 7.86. The van der Waals surface area contributed by atoms with Crippen LogP contribution in [-0.2, 0) is 10.2 Å². The molecule has 0 aromatic carbocycles. The molecular weight excluding hydrogens is 250 g/mol. The number of nitrogens with one attached hydrogen (secondary N) is 1. The third-order valence-corrected chi connectivity index (χ3v) is 5.73. The molecule has 0 radical (unpaired) electrons. The van der Waals surface area contributed by atoms with Crippen LogP contribution in [0, 0.1) is 0 Å². The highest BCUT2D eigenvalue weighted by atomic mass is 32.2. The molecule has 0 saturated carbocycles. The van der Waals surface area contributed by atoms with E-state index in [1.807, 2.05) is 20.8 Å². The van der Waals surface area contributed by atoms with Crippen LogP contribution in [0.1, 0.15) is 40.0 Å². The van der Waals surface area contributed by atoms with Gasteiger partial charge in [0, 0.05) is 25.7 Å². The van der Waals surface area contributed by atoms with Gasteiger partial charge in [-0.05, 0) is 32.4 Å². The minimum atomic E-state index is -3.29. The molecular formula is C12H27N3O2S. The fourth-order valence-corrected chi connectivity index (χ4v) is 4.45. The van der Waals surface area contributed by atoms with Crippen molar-refractivity contribution in [3.63, 3.8) is 0 Å². The zero-order valence-corrected chi connectivity index (χ0v) is 12.7. The summed E-state index contributed by atoms with van der Waals surface area (Å²) in [6.07, 6.45) is 2.70. The van der Waals surface area contributed by atoms with E-state index in [-0.39, 0.29) is 6.04 Å². The van der Waals surface area contributed by atoms with Gasteiger partial charge < -0.3 is 5.32 Å². The molecule has 0 aromatic heterocycles. The van der Waals surface area contributed by atoms with E-state index < -0.39 is 10.2 Å². The predicted molar refractivity (Wildman–Crippen MR) is 74.7 cm³/mol. The molecule has 0 spiro atoms. The van der Waals surface area contributed by atoms with Crippen LogP contribution in [0.5, 0.6) is 0 Å². The molecule has 1 aliphatic rings. The fourth-order valence-electron chi connectivity index (χ4n) is 2.50. The molecule has 0 bridgehead atoms. The number of rotatable bonds is 7. The Kier molecular flexibility index (Phi) is 6.55. The van der Waals surface area contributed by atoms with Gasteiger partial charge in [-0.3, -0.25) is 0 Å². The van der Waals surface area contributed by atoms with E-state index in [2.05, 4.69) is 5.32 Å². The average molecular weight is 277 g/mol. The first-order valence-electron chi connectivity index (χ1n) is 7.05. The normalized spacial score (nSPS) is 18.7. The van der Waals surface area contributed by atoms with Crippen molar-refractivity contribution < 1.29 is 8.42 Å².